The number of aliphatic carboxylic acids is 1. The highest BCUT2D eigenvalue weighted by atomic mass is 32.2. The molecule has 0 saturated heterocycles. The van der Waals surface area contributed by atoms with Crippen molar-refractivity contribution in [1.29, 1.82) is 0 Å². The van der Waals surface area contributed by atoms with Gasteiger partial charge in [-0.3, -0.25) is 9.52 Å². The molecule has 0 aliphatic carbocycles. The third-order valence-corrected chi connectivity index (χ3v) is 3.01. The van der Waals surface area contributed by atoms with Gasteiger partial charge in [0.25, 0.3) is 0 Å². The van der Waals surface area contributed by atoms with E-state index in [1.54, 1.807) is 35.0 Å². The molecule has 0 spiro atoms. The van der Waals surface area contributed by atoms with Gasteiger partial charge in [-0.2, -0.15) is 0 Å². The Hall–Kier alpha value is -2.02. The van der Waals surface area contributed by atoms with E-state index in [0.717, 1.165) is 6.26 Å². The second-order valence-electron chi connectivity index (χ2n) is 3.95. The minimum atomic E-state index is -3.36. The summed E-state index contributed by atoms with van der Waals surface area (Å²) in [7, 11) is -3.36. The molecular formula is C11H12N2O4S. The van der Waals surface area contributed by atoms with Crippen molar-refractivity contribution >= 4 is 32.6 Å². The second kappa shape index (κ2) is 4.34. The average molecular weight is 268 g/mol. The van der Waals surface area contributed by atoms with Crippen molar-refractivity contribution in [2.24, 2.45) is 0 Å². The molecule has 96 valence electrons. The van der Waals surface area contributed by atoms with Crippen molar-refractivity contribution in [3.8, 4) is 0 Å². The zero-order chi connectivity index (χ0) is 13.3. The van der Waals surface area contributed by atoms with Gasteiger partial charge < -0.3 is 9.67 Å². The lowest BCUT2D eigenvalue weighted by Crippen LogP contribution is -2.10. The first-order valence-electron chi connectivity index (χ1n) is 5.14. The molecule has 0 atom stereocenters. The number of benzene rings is 1. The topological polar surface area (TPSA) is 88.4 Å². The minimum absolute atomic E-state index is 0.161. The molecule has 0 fully saturated rings. The van der Waals surface area contributed by atoms with Crippen molar-refractivity contribution in [2.45, 2.75) is 6.54 Å². The maximum atomic E-state index is 11.2. The number of nitrogens with zero attached hydrogens (tertiary/aromatic N) is 1. The van der Waals surface area contributed by atoms with E-state index in [9.17, 15) is 13.2 Å². The SMILES string of the molecule is CS(=O)(=O)Nc1cccc2c1ccn2CC(=O)O. The van der Waals surface area contributed by atoms with Gasteiger partial charge in [0.15, 0.2) is 0 Å². The molecule has 1 aromatic heterocycles. The van der Waals surface area contributed by atoms with Crippen LogP contribution in [0.25, 0.3) is 10.9 Å². The molecule has 7 heteroatoms. The van der Waals surface area contributed by atoms with Crippen LogP contribution in [0.15, 0.2) is 30.5 Å². The van der Waals surface area contributed by atoms with E-state index in [4.69, 9.17) is 5.11 Å². The standard InChI is InChI=1S/C11H12N2O4S/c1-18(16,17)12-9-3-2-4-10-8(9)5-6-13(10)7-11(14)15/h2-6,12H,7H2,1H3,(H,14,15). The molecule has 6 nitrogen and oxygen atoms in total. The van der Waals surface area contributed by atoms with Crippen LogP contribution >= 0.6 is 0 Å². The van der Waals surface area contributed by atoms with E-state index in [1.807, 2.05) is 0 Å². The number of anilines is 1. The number of hydrogen-bond donors (Lipinski definition) is 2. The predicted molar refractivity (Wildman–Crippen MR) is 68.0 cm³/mol. The van der Waals surface area contributed by atoms with Crippen LogP contribution in [0, 0.1) is 0 Å². The fourth-order valence-corrected chi connectivity index (χ4v) is 2.37. The summed E-state index contributed by atoms with van der Waals surface area (Å²) in [4.78, 5) is 10.7. The number of carbonyl (C=O) groups is 1. The van der Waals surface area contributed by atoms with Crippen LogP contribution in [0.2, 0.25) is 0 Å². The van der Waals surface area contributed by atoms with Crippen molar-refractivity contribution in [3.05, 3.63) is 30.5 Å². The fraction of sp³-hybridized carbons (Fsp3) is 0.182. The molecule has 1 heterocycles. The number of aromatic nitrogens is 1. The minimum Gasteiger partial charge on any atom is -0.480 e. The summed E-state index contributed by atoms with van der Waals surface area (Å²) >= 11 is 0. The van der Waals surface area contributed by atoms with Crippen LogP contribution in [0.1, 0.15) is 0 Å². The van der Waals surface area contributed by atoms with Crippen molar-refractivity contribution in [3.63, 3.8) is 0 Å². The molecule has 2 aromatic rings. The number of nitrogens with one attached hydrogen (secondary N) is 1. The molecule has 0 aliphatic rings. The summed E-state index contributed by atoms with van der Waals surface area (Å²) in [5.74, 6) is -0.950. The van der Waals surface area contributed by atoms with Crippen molar-refractivity contribution in [2.75, 3.05) is 11.0 Å². The van der Waals surface area contributed by atoms with Gasteiger partial charge in [0.2, 0.25) is 10.0 Å². The summed E-state index contributed by atoms with van der Waals surface area (Å²) in [6.07, 6.45) is 2.69. The highest BCUT2D eigenvalue weighted by molar-refractivity contribution is 7.92. The van der Waals surface area contributed by atoms with Crippen LogP contribution in [0.3, 0.4) is 0 Å². The molecule has 18 heavy (non-hydrogen) atoms. The fourth-order valence-electron chi connectivity index (χ4n) is 1.80. The number of rotatable bonds is 4. The van der Waals surface area contributed by atoms with Gasteiger partial charge in [-0.15, -0.1) is 0 Å². The van der Waals surface area contributed by atoms with E-state index in [1.165, 1.54) is 0 Å². The number of fused-ring (bicyclic) bond motifs is 1. The van der Waals surface area contributed by atoms with Crippen LogP contribution in [-0.2, 0) is 21.4 Å². The van der Waals surface area contributed by atoms with E-state index >= 15 is 0 Å². The Labute approximate surface area is 104 Å². The smallest absolute Gasteiger partial charge is 0.323 e. The van der Waals surface area contributed by atoms with Gasteiger partial charge in [-0.1, -0.05) is 6.07 Å². The summed E-state index contributed by atoms with van der Waals surface area (Å²) in [5, 5.41) is 9.44. The molecular weight excluding hydrogens is 256 g/mol. The third-order valence-electron chi connectivity index (χ3n) is 2.41. The summed E-state index contributed by atoms with van der Waals surface area (Å²) in [6.45, 7) is -0.161. The largest absolute Gasteiger partial charge is 0.480 e. The summed E-state index contributed by atoms with van der Waals surface area (Å²) in [5.41, 5.74) is 1.12. The molecule has 0 bridgehead atoms. The lowest BCUT2D eigenvalue weighted by Gasteiger charge is -2.06. The Balaban J connectivity index is 2.52. The van der Waals surface area contributed by atoms with Crippen LogP contribution in [0.4, 0.5) is 5.69 Å². The van der Waals surface area contributed by atoms with Crippen molar-refractivity contribution in [1.82, 2.24) is 4.57 Å². The predicted octanol–water partition coefficient (Wildman–Crippen LogP) is 1.10. The summed E-state index contributed by atoms with van der Waals surface area (Å²) < 4.78 is 26.4. The number of sulfonamides is 1. The van der Waals surface area contributed by atoms with Gasteiger partial charge >= 0.3 is 5.97 Å². The molecule has 0 radical (unpaired) electrons. The first-order chi connectivity index (χ1) is 8.37. The zero-order valence-electron chi connectivity index (χ0n) is 9.62. The van der Waals surface area contributed by atoms with Crippen LogP contribution in [-0.4, -0.2) is 30.3 Å². The highest BCUT2D eigenvalue weighted by Crippen LogP contribution is 2.25. The molecule has 0 unspecified atom stereocenters. The quantitative estimate of drug-likeness (QED) is 0.869. The van der Waals surface area contributed by atoms with Gasteiger partial charge in [0, 0.05) is 11.6 Å². The first-order valence-corrected chi connectivity index (χ1v) is 7.03. The lowest BCUT2D eigenvalue weighted by atomic mass is 10.2. The molecule has 0 aliphatic heterocycles. The zero-order valence-corrected chi connectivity index (χ0v) is 10.4. The monoisotopic (exact) mass is 268 g/mol. The number of carboxylic acid groups (broad SMARTS) is 1. The molecule has 2 N–H and O–H groups in total. The van der Waals surface area contributed by atoms with Crippen LogP contribution in [0.5, 0.6) is 0 Å². The van der Waals surface area contributed by atoms with Gasteiger partial charge in [0.1, 0.15) is 6.54 Å². The number of carboxylic acids is 1. The molecule has 1 aromatic carbocycles. The highest BCUT2D eigenvalue weighted by Gasteiger charge is 2.10. The average Bonchev–Trinajstić information content (AvgIpc) is 2.60. The second-order valence-corrected chi connectivity index (χ2v) is 5.70. The molecule has 0 saturated carbocycles. The van der Waals surface area contributed by atoms with Gasteiger partial charge in [0.05, 0.1) is 17.5 Å². The Bertz CT molecular complexity index is 703. The van der Waals surface area contributed by atoms with Gasteiger partial charge in [-0.25, -0.2) is 8.42 Å². The number of hydrogen-bond acceptors (Lipinski definition) is 3. The van der Waals surface area contributed by atoms with E-state index in [2.05, 4.69) is 4.72 Å². The maximum Gasteiger partial charge on any atom is 0.323 e. The molecule has 0 amide bonds. The summed E-state index contributed by atoms with van der Waals surface area (Å²) in [6, 6.07) is 6.74. The van der Waals surface area contributed by atoms with E-state index in [0.29, 0.717) is 16.6 Å². The Kier molecular flexibility index (Phi) is 3.00. The Morgan fingerprint density at radius 2 is 2.11 bits per heavy atom. The maximum absolute atomic E-state index is 11.2. The molecule has 2 rings (SSSR count). The normalized spacial score (nSPS) is 11.6. The van der Waals surface area contributed by atoms with Crippen LogP contribution < -0.4 is 4.72 Å². The Morgan fingerprint density at radius 3 is 2.72 bits per heavy atom. The first kappa shape index (κ1) is 12.4. The third kappa shape index (κ3) is 2.62. The van der Waals surface area contributed by atoms with Crippen molar-refractivity contribution < 1.29 is 18.3 Å². The van der Waals surface area contributed by atoms with E-state index in [-0.39, 0.29) is 6.54 Å². The van der Waals surface area contributed by atoms with Gasteiger partial charge in [-0.05, 0) is 18.2 Å². The lowest BCUT2D eigenvalue weighted by molar-refractivity contribution is -0.137. The Morgan fingerprint density at radius 1 is 1.39 bits per heavy atom. The van der Waals surface area contributed by atoms with E-state index < -0.39 is 16.0 Å².